The minimum atomic E-state index is 0.0150. The average Bonchev–Trinajstić information content (AvgIpc) is 2.87. The summed E-state index contributed by atoms with van der Waals surface area (Å²) >= 11 is 0. The van der Waals surface area contributed by atoms with E-state index in [0.717, 1.165) is 43.7 Å². The number of nitroso groups, excluding NO2 is 1. The number of hydrogen-bond donors (Lipinski definition) is 1. The molecule has 1 aromatic carbocycles. The van der Waals surface area contributed by atoms with E-state index in [1.54, 1.807) is 12.3 Å². The average molecular weight is 481 g/mol. The summed E-state index contributed by atoms with van der Waals surface area (Å²) in [7, 11) is 5.65. The Kier molecular flexibility index (Phi) is 7.32. The molecule has 0 aliphatic rings. The van der Waals surface area contributed by atoms with Crippen LogP contribution in [0.25, 0.3) is 22.0 Å². The number of nitrogens with zero attached hydrogens (tertiary/aromatic N) is 6. The van der Waals surface area contributed by atoms with Crippen molar-refractivity contribution in [2.24, 2.45) is 0 Å². The van der Waals surface area contributed by atoms with Gasteiger partial charge in [0.1, 0.15) is 6.54 Å². The van der Waals surface area contributed by atoms with Gasteiger partial charge in [-0.1, -0.05) is 16.9 Å². The molecular weight excluding hydrogens is 450 g/mol. The van der Waals surface area contributed by atoms with E-state index < -0.39 is 0 Å². The third-order valence-corrected chi connectivity index (χ3v) is 5.93. The van der Waals surface area contributed by atoms with Crippen molar-refractivity contribution >= 4 is 22.7 Å². The molecule has 0 amide bonds. The van der Waals surface area contributed by atoms with Crippen LogP contribution >= 0.6 is 0 Å². The molecule has 8 heteroatoms. The van der Waals surface area contributed by atoms with Gasteiger partial charge in [0.25, 0.3) is 0 Å². The molecule has 8 nitrogen and oxygen atoms in total. The predicted molar refractivity (Wildman–Crippen MR) is 143 cm³/mol. The zero-order valence-electron chi connectivity index (χ0n) is 21.5. The number of anilines is 1. The Bertz CT molecular complexity index is 1480. The first-order valence-corrected chi connectivity index (χ1v) is 11.8. The molecule has 0 fully saturated rings. The number of hydrogen-bond acceptors (Lipinski definition) is 7. The Balaban J connectivity index is 1.84. The molecule has 1 N–H and O–H groups in total. The third kappa shape index (κ3) is 5.37. The lowest BCUT2D eigenvalue weighted by Gasteiger charge is -2.15. The highest BCUT2D eigenvalue weighted by Gasteiger charge is 2.23. The fraction of sp³-hybridized carbons (Fsp3) is 0.286. The summed E-state index contributed by atoms with van der Waals surface area (Å²) in [6, 6.07) is 13.4. The Morgan fingerprint density at radius 1 is 1.03 bits per heavy atom. The van der Waals surface area contributed by atoms with E-state index >= 15 is 0 Å². The van der Waals surface area contributed by atoms with Crippen LogP contribution < -0.4 is 10.2 Å². The van der Waals surface area contributed by atoms with Crippen molar-refractivity contribution in [3.63, 3.8) is 0 Å². The number of aryl methyl sites for hydroxylation is 2. The van der Waals surface area contributed by atoms with Crippen molar-refractivity contribution in [3.8, 4) is 23.0 Å². The molecule has 3 aromatic heterocycles. The van der Waals surface area contributed by atoms with E-state index in [4.69, 9.17) is 0 Å². The summed E-state index contributed by atoms with van der Waals surface area (Å²) in [5, 5.41) is 4.10. The lowest BCUT2D eigenvalue weighted by atomic mass is 10.0. The van der Waals surface area contributed by atoms with Crippen LogP contribution in [0.2, 0.25) is 0 Å². The van der Waals surface area contributed by atoms with Gasteiger partial charge in [0.2, 0.25) is 11.6 Å². The maximum atomic E-state index is 12.8. The molecule has 182 valence electrons. The summed E-state index contributed by atoms with van der Waals surface area (Å²) in [5.74, 6) is 7.40. The molecule has 1 unspecified atom stereocenters. The van der Waals surface area contributed by atoms with E-state index in [9.17, 15) is 4.91 Å². The molecule has 0 radical (unpaired) electrons. The maximum absolute atomic E-state index is 12.8. The van der Waals surface area contributed by atoms with E-state index in [1.807, 2.05) is 83.2 Å². The van der Waals surface area contributed by atoms with Crippen LogP contribution in [0.1, 0.15) is 29.6 Å². The predicted octanol–water partition coefficient (Wildman–Crippen LogP) is 4.19. The van der Waals surface area contributed by atoms with Gasteiger partial charge in [0, 0.05) is 54.5 Å². The fourth-order valence-electron chi connectivity index (χ4n) is 3.89. The fourth-order valence-corrected chi connectivity index (χ4v) is 3.89. The largest absolute Gasteiger partial charge is 0.362 e. The van der Waals surface area contributed by atoms with Crippen molar-refractivity contribution < 1.29 is 4.76 Å². The smallest absolute Gasteiger partial charge is 0.347 e. The van der Waals surface area contributed by atoms with E-state index in [1.165, 1.54) is 0 Å². The highest BCUT2D eigenvalue weighted by atomic mass is 16.3. The molecule has 0 aliphatic carbocycles. The number of benzene rings is 1. The molecule has 36 heavy (non-hydrogen) atoms. The molecule has 4 rings (SSSR count). The first-order valence-electron chi connectivity index (χ1n) is 11.8. The summed E-state index contributed by atoms with van der Waals surface area (Å²) in [6.45, 7) is 6.12. The number of likely N-dealkylation sites (N-methyl/N-ethyl adjacent to an activating group) is 1. The molecule has 0 saturated heterocycles. The van der Waals surface area contributed by atoms with E-state index in [2.05, 4.69) is 37.1 Å². The zero-order chi connectivity index (χ0) is 25.8. The van der Waals surface area contributed by atoms with Gasteiger partial charge in [0.05, 0.1) is 16.9 Å². The highest BCUT2D eigenvalue weighted by Crippen LogP contribution is 2.30. The summed E-state index contributed by atoms with van der Waals surface area (Å²) < 4.78 is 0.892. The van der Waals surface area contributed by atoms with E-state index in [-0.39, 0.29) is 12.6 Å². The van der Waals surface area contributed by atoms with Crippen LogP contribution in [-0.2, 0) is 0 Å². The summed E-state index contributed by atoms with van der Waals surface area (Å²) in [5.41, 5.74) is 5.56. The molecule has 0 spiro atoms. The zero-order valence-corrected chi connectivity index (χ0v) is 21.5. The minimum Gasteiger partial charge on any atom is -0.347 e. The third-order valence-electron chi connectivity index (χ3n) is 5.93. The molecule has 1 atom stereocenters. The van der Waals surface area contributed by atoms with Crippen LogP contribution in [0.4, 0.5) is 11.8 Å². The Hall–Kier alpha value is -4.22. The van der Waals surface area contributed by atoms with Crippen LogP contribution in [0, 0.1) is 30.6 Å². The lowest BCUT2D eigenvalue weighted by molar-refractivity contribution is -0.470. The normalized spacial score (nSPS) is 11.6. The standard InChI is InChI=1S/C28H30N7O/c1-18(29-4)17-35(36)26-14-11-23(27-19(2)31-28(34(5)6)32-20(27)3)25(33-26)13-10-21-9-12-24-22(16-21)8-7-15-30-24/h7-9,11-12,14-16,18,29H,17H2,1-6H3/q+1. The second-order valence-corrected chi connectivity index (χ2v) is 8.94. The lowest BCUT2D eigenvalue weighted by Crippen LogP contribution is -2.29. The van der Waals surface area contributed by atoms with Crippen molar-refractivity contribution in [2.45, 2.75) is 26.8 Å². The number of rotatable bonds is 6. The van der Waals surface area contributed by atoms with Crippen molar-refractivity contribution in [1.82, 2.24) is 25.3 Å². The molecule has 0 saturated carbocycles. The van der Waals surface area contributed by atoms with Crippen LogP contribution in [-0.4, -0.2) is 58.4 Å². The van der Waals surface area contributed by atoms with Crippen LogP contribution in [0.15, 0.2) is 48.7 Å². The number of aromatic nitrogens is 4. The molecule has 0 bridgehead atoms. The van der Waals surface area contributed by atoms with Crippen LogP contribution in [0.3, 0.4) is 0 Å². The number of fused-ring (bicyclic) bond motifs is 1. The van der Waals surface area contributed by atoms with Gasteiger partial charge in [0.15, 0.2) is 0 Å². The van der Waals surface area contributed by atoms with Crippen molar-refractivity contribution in [1.29, 1.82) is 0 Å². The quantitative estimate of drug-likeness (QED) is 0.327. The number of pyridine rings is 2. The van der Waals surface area contributed by atoms with Crippen molar-refractivity contribution in [2.75, 3.05) is 32.6 Å². The van der Waals surface area contributed by atoms with Gasteiger partial charge in [-0.25, -0.2) is 9.97 Å². The van der Waals surface area contributed by atoms with Gasteiger partial charge in [-0.15, -0.1) is 0 Å². The van der Waals surface area contributed by atoms with Crippen molar-refractivity contribution in [3.05, 3.63) is 76.2 Å². The monoisotopic (exact) mass is 480 g/mol. The Morgan fingerprint density at radius 3 is 2.47 bits per heavy atom. The van der Waals surface area contributed by atoms with Gasteiger partial charge >= 0.3 is 5.82 Å². The summed E-state index contributed by atoms with van der Waals surface area (Å²) in [4.78, 5) is 33.1. The van der Waals surface area contributed by atoms with Gasteiger partial charge in [-0.05, 0) is 73.8 Å². The maximum Gasteiger partial charge on any atom is 0.362 e. The second kappa shape index (κ2) is 10.6. The molecular formula is C28H30N7O+. The van der Waals surface area contributed by atoms with E-state index in [0.29, 0.717) is 17.5 Å². The van der Waals surface area contributed by atoms with Gasteiger partial charge in [-0.2, -0.15) is 0 Å². The topological polar surface area (TPSA) is 86.9 Å². The first kappa shape index (κ1) is 24.9. The second-order valence-electron chi connectivity index (χ2n) is 8.94. The first-order chi connectivity index (χ1) is 17.3. The SMILES string of the molecule is CNC(C)C[N+](=O)c1ccc(-c2c(C)nc(N(C)C)nc2C)c(C#Cc2ccc3ncccc3c2)n1. The molecule has 3 heterocycles. The highest BCUT2D eigenvalue weighted by molar-refractivity contribution is 5.80. The van der Waals surface area contributed by atoms with Gasteiger partial charge in [-0.3, -0.25) is 4.98 Å². The Labute approximate surface area is 211 Å². The van der Waals surface area contributed by atoms with Crippen LogP contribution in [0.5, 0.6) is 0 Å². The molecule has 4 aromatic rings. The van der Waals surface area contributed by atoms with Gasteiger partial charge < -0.3 is 10.2 Å². The molecule has 0 aliphatic heterocycles. The Morgan fingerprint density at radius 2 is 1.78 bits per heavy atom. The summed E-state index contributed by atoms with van der Waals surface area (Å²) in [6.07, 6.45) is 1.77. The number of nitrogens with one attached hydrogen (secondary N) is 1. The minimum absolute atomic E-state index is 0.0150.